The van der Waals surface area contributed by atoms with Crippen LogP contribution in [0.15, 0.2) is 37.4 Å². The molecule has 0 aliphatic carbocycles. The summed E-state index contributed by atoms with van der Waals surface area (Å²) in [5.41, 5.74) is 0.720. The first kappa shape index (κ1) is 15.0. The molecule has 0 aliphatic rings. The van der Waals surface area contributed by atoms with E-state index in [-0.39, 0.29) is 11.0 Å². The molecule has 0 unspecified atom stereocenters. The van der Waals surface area contributed by atoms with Gasteiger partial charge in [0.15, 0.2) is 14.5 Å². The zero-order valence-corrected chi connectivity index (χ0v) is 14.3. The SMILES string of the molecule is CSc1nnc(S[C@H](C)C(=O)c2ccc(Br)cc2)s1. The van der Waals surface area contributed by atoms with Crippen LogP contribution in [-0.2, 0) is 0 Å². The molecule has 3 nitrogen and oxygen atoms in total. The summed E-state index contributed by atoms with van der Waals surface area (Å²) in [4.78, 5) is 12.3. The minimum Gasteiger partial charge on any atom is -0.293 e. The molecule has 2 aromatic rings. The lowest BCUT2D eigenvalue weighted by molar-refractivity contribution is 0.0994. The number of halogens is 1. The molecular formula is C12H11BrN2OS3. The third-order valence-electron chi connectivity index (χ3n) is 2.34. The van der Waals surface area contributed by atoms with Gasteiger partial charge in [-0.1, -0.05) is 62.9 Å². The monoisotopic (exact) mass is 374 g/mol. The minimum absolute atomic E-state index is 0.110. The summed E-state index contributed by atoms with van der Waals surface area (Å²) in [5.74, 6) is 0.110. The predicted octanol–water partition coefficient (Wildman–Crippen LogP) is 4.39. The Morgan fingerprint density at radius 1 is 1.26 bits per heavy atom. The van der Waals surface area contributed by atoms with Gasteiger partial charge in [0.25, 0.3) is 0 Å². The fourth-order valence-corrected chi connectivity index (χ4v) is 4.30. The van der Waals surface area contributed by atoms with Gasteiger partial charge >= 0.3 is 0 Å². The van der Waals surface area contributed by atoms with E-state index < -0.39 is 0 Å². The molecule has 1 aromatic carbocycles. The normalized spacial score (nSPS) is 12.4. The number of rotatable bonds is 5. The lowest BCUT2D eigenvalue weighted by Gasteiger charge is -2.07. The molecule has 0 saturated heterocycles. The van der Waals surface area contributed by atoms with Crippen LogP contribution < -0.4 is 0 Å². The molecule has 100 valence electrons. The van der Waals surface area contributed by atoms with Gasteiger partial charge in [0, 0.05) is 10.0 Å². The zero-order chi connectivity index (χ0) is 13.8. The van der Waals surface area contributed by atoms with E-state index in [9.17, 15) is 4.79 Å². The topological polar surface area (TPSA) is 42.9 Å². The molecule has 0 saturated carbocycles. The molecule has 0 fully saturated rings. The van der Waals surface area contributed by atoms with Gasteiger partial charge in [-0.15, -0.1) is 10.2 Å². The van der Waals surface area contributed by atoms with Crippen LogP contribution in [0.1, 0.15) is 17.3 Å². The Morgan fingerprint density at radius 2 is 1.89 bits per heavy atom. The number of thioether (sulfide) groups is 2. The molecule has 0 amide bonds. The first-order chi connectivity index (χ1) is 9.10. The molecular weight excluding hydrogens is 364 g/mol. The van der Waals surface area contributed by atoms with Crippen molar-refractivity contribution in [2.75, 3.05) is 6.26 Å². The smallest absolute Gasteiger partial charge is 0.175 e. The molecule has 7 heteroatoms. The van der Waals surface area contributed by atoms with Crippen LogP contribution in [0, 0.1) is 0 Å². The highest BCUT2D eigenvalue weighted by atomic mass is 79.9. The minimum atomic E-state index is -0.163. The highest BCUT2D eigenvalue weighted by molar-refractivity contribution is 9.10. The van der Waals surface area contributed by atoms with Crippen molar-refractivity contribution in [3.8, 4) is 0 Å². The number of Topliss-reactive ketones (excluding diaryl/α,β-unsaturated/α-hetero) is 1. The highest BCUT2D eigenvalue weighted by Gasteiger charge is 2.18. The van der Waals surface area contributed by atoms with Crippen LogP contribution >= 0.6 is 50.8 Å². The standard InChI is InChI=1S/C12H11BrN2OS3/c1-7(18-12-15-14-11(17-2)19-12)10(16)8-3-5-9(13)6-4-8/h3-7H,1-2H3/t7-/m1/s1. The number of aromatic nitrogens is 2. The van der Waals surface area contributed by atoms with Gasteiger partial charge in [-0.3, -0.25) is 4.79 Å². The Labute approximate surface area is 132 Å². The van der Waals surface area contributed by atoms with Crippen molar-refractivity contribution in [1.29, 1.82) is 0 Å². The van der Waals surface area contributed by atoms with Gasteiger partial charge in [-0.25, -0.2) is 0 Å². The van der Waals surface area contributed by atoms with Gasteiger partial charge in [-0.2, -0.15) is 0 Å². The van der Waals surface area contributed by atoms with Gasteiger partial charge < -0.3 is 0 Å². The third kappa shape index (κ3) is 4.05. The fourth-order valence-electron chi connectivity index (χ4n) is 1.38. The van der Waals surface area contributed by atoms with Gasteiger partial charge in [0.2, 0.25) is 0 Å². The molecule has 1 heterocycles. The summed E-state index contributed by atoms with van der Waals surface area (Å²) < 4.78 is 2.73. The number of carbonyl (C=O) groups is 1. The van der Waals surface area contributed by atoms with Crippen molar-refractivity contribution in [1.82, 2.24) is 10.2 Å². The Hall–Kier alpha value is -0.370. The van der Waals surface area contributed by atoms with Gasteiger partial charge in [-0.05, 0) is 25.3 Å². The molecule has 0 N–H and O–H groups in total. The molecule has 0 radical (unpaired) electrons. The van der Waals surface area contributed by atoms with E-state index in [1.165, 1.54) is 23.1 Å². The number of carbonyl (C=O) groups excluding carboxylic acids is 1. The first-order valence-corrected chi connectivity index (χ1v) is 9.15. The van der Waals surface area contributed by atoms with Crippen molar-refractivity contribution in [3.63, 3.8) is 0 Å². The highest BCUT2D eigenvalue weighted by Crippen LogP contribution is 2.31. The Kier molecular flexibility index (Phi) is 5.44. The van der Waals surface area contributed by atoms with E-state index in [1.54, 1.807) is 11.8 Å². The molecule has 1 aromatic heterocycles. The Bertz CT molecular complexity index is 571. The molecule has 0 spiro atoms. The quantitative estimate of drug-likeness (QED) is 0.573. The zero-order valence-electron chi connectivity index (χ0n) is 10.3. The maximum Gasteiger partial charge on any atom is 0.175 e. The van der Waals surface area contributed by atoms with Crippen LogP contribution in [0.4, 0.5) is 0 Å². The summed E-state index contributed by atoms with van der Waals surface area (Å²) in [6.45, 7) is 1.90. The van der Waals surface area contributed by atoms with E-state index in [2.05, 4.69) is 26.1 Å². The van der Waals surface area contributed by atoms with Crippen molar-refractivity contribution >= 4 is 56.6 Å². The van der Waals surface area contributed by atoms with E-state index in [0.717, 1.165) is 18.7 Å². The van der Waals surface area contributed by atoms with E-state index >= 15 is 0 Å². The number of hydrogen-bond donors (Lipinski definition) is 0. The summed E-state index contributed by atoms with van der Waals surface area (Å²) >= 11 is 7.90. The molecule has 2 rings (SSSR count). The second-order valence-corrected chi connectivity index (χ2v) is 8.20. The van der Waals surface area contributed by atoms with Gasteiger partial charge in [0.05, 0.1) is 5.25 Å². The average molecular weight is 375 g/mol. The molecule has 1 atom stereocenters. The first-order valence-electron chi connectivity index (χ1n) is 5.44. The summed E-state index contributed by atoms with van der Waals surface area (Å²) in [6.07, 6.45) is 1.96. The lowest BCUT2D eigenvalue weighted by atomic mass is 10.1. The fraction of sp³-hybridized carbons (Fsp3) is 0.250. The average Bonchev–Trinajstić information content (AvgIpc) is 2.86. The second kappa shape index (κ2) is 6.88. The van der Waals surface area contributed by atoms with Crippen LogP contribution in [-0.4, -0.2) is 27.5 Å². The summed E-state index contributed by atoms with van der Waals surface area (Å²) in [7, 11) is 0. The number of hydrogen-bond acceptors (Lipinski definition) is 6. The molecule has 0 bridgehead atoms. The van der Waals surface area contributed by atoms with E-state index in [1.807, 2.05) is 37.4 Å². The third-order valence-corrected chi connectivity index (χ3v) is 5.95. The Morgan fingerprint density at radius 3 is 2.47 bits per heavy atom. The van der Waals surface area contributed by atoms with Crippen LogP contribution in [0.2, 0.25) is 0 Å². The van der Waals surface area contributed by atoms with E-state index in [4.69, 9.17) is 0 Å². The van der Waals surface area contributed by atoms with Crippen LogP contribution in [0.5, 0.6) is 0 Å². The van der Waals surface area contributed by atoms with Gasteiger partial charge in [0.1, 0.15) is 0 Å². The largest absolute Gasteiger partial charge is 0.293 e. The Balaban J connectivity index is 2.04. The maximum absolute atomic E-state index is 12.3. The van der Waals surface area contributed by atoms with Crippen molar-refractivity contribution in [2.45, 2.75) is 20.9 Å². The van der Waals surface area contributed by atoms with E-state index in [0.29, 0.717) is 0 Å². The molecule has 19 heavy (non-hydrogen) atoms. The second-order valence-electron chi connectivity index (χ2n) is 3.67. The van der Waals surface area contributed by atoms with Crippen LogP contribution in [0.25, 0.3) is 0 Å². The summed E-state index contributed by atoms with van der Waals surface area (Å²) in [6, 6.07) is 7.41. The maximum atomic E-state index is 12.3. The van der Waals surface area contributed by atoms with Crippen molar-refractivity contribution < 1.29 is 4.79 Å². The predicted molar refractivity (Wildman–Crippen MR) is 85.5 cm³/mol. The van der Waals surface area contributed by atoms with Crippen molar-refractivity contribution in [3.05, 3.63) is 34.3 Å². The molecule has 0 aliphatic heterocycles. The number of benzene rings is 1. The number of ketones is 1. The summed E-state index contributed by atoms with van der Waals surface area (Å²) in [5, 5.41) is 7.93. The number of nitrogens with zero attached hydrogens (tertiary/aromatic N) is 2. The van der Waals surface area contributed by atoms with Crippen LogP contribution in [0.3, 0.4) is 0 Å². The lowest BCUT2D eigenvalue weighted by Crippen LogP contribution is -2.13. The van der Waals surface area contributed by atoms with Crippen molar-refractivity contribution in [2.24, 2.45) is 0 Å².